The molecule has 2 N–H and O–H groups in total. The molecule has 0 fully saturated rings. The Kier molecular flexibility index (Phi) is 4.29. The van der Waals surface area contributed by atoms with E-state index < -0.39 is 18.4 Å². The number of rotatable bonds is 3. The van der Waals surface area contributed by atoms with Crippen molar-refractivity contribution in [3.63, 3.8) is 0 Å². The summed E-state index contributed by atoms with van der Waals surface area (Å²) in [6.07, 6.45) is -3.27. The molecule has 8 heteroatoms. The summed E-state index contributed by atoms with van der Waals surface area (Å²) in [5.41, 5.74) is 4.93. The first kappa shape index (κ1) is 15.2. The summed E-state index contributed by atoms with van der Waals surface area (Å²) in [7, 11) is 0. The number of alkyl halides is 4. The predicted molar refractivity (Wildman–Crippen MR) is 64.9 cm³/mol. The molecule has 3 nitrogen and oxygen atoms in total. The van der Waals surface area contributed by atoms with Gasteiger partial charge in [-0.15, -0.1) is 0 Å². The first-order valence-electron chi connectivity index (χ1n) is 5.84. The van der Waals surface area contributed by atoms with Crippen LogP contribution in [0.1, 0.15) is 18.0 Å². The molecule has 0 aromatic heterocycles. The van der Waals surface area contributed by atoms with Crippen molar-refractivity contribution in [2.75, 3.05) is 13.2 Å². The molecule has 1 atom stereocenters. The van der Waals surface area contributed by atoms with E-state index in [2.05, 4.69) is 0 Å². The van der Waals surface area contributed by atoms with Crippen LogP contribution in [0.25, 0.3) is 0 Å². The predicted octanol–water partition coefficient (Wildman–Crippen LogP) is 3.40. The Bertz CT molecular complexity index is 499. The van der Waals surface area contributed by atoms with Gasteiger partial charge in [-0.25, -0.2) is 8.78 Å². The maximum Gasteiger partial charge on any atom is 0.326 e. The zero-order valence-electron chi connectivity index (χ0n) is 10.2. The number of fused-ring (bicyclic) bond motifs is 1. The molecular weight excluding hydrogens is 302 g/mol. The molecule has 2 rings (SSSR count). The highest BCUT2D eigenvalue weighted by Crippen LogP contribution is 2.42. The average molecular weight is 314 g/mol. The Hall–Kier alpha value is -1.21. The fourth-order valence-corrected chi connectivity index (χ4v) is 2.05. The fraction of sp³-hybridized carbons (Fsp3) is 0.500. The van der Waals surface area contributed by atoms with E-state index in [9.17, 15) is 17.6 Å². The molecule has 0 aliphatic carbocycles. The monoisotopic (exact) mass is 313 g/mol. The minimum absolute atomic E-state index is 0.165. The molecule has 1 aliphatic rings. The standard InChI is InChI=1S/C12H12ClF4NO2/c13-7-5-9-8(19-2-1-3-20-9)4-6(7)10(18)12(16,17)11(14)15/h4-5,10-11H,1-3,18H2. The molecule has 1 aromatic carbocycles. The van der Waals surface area contributed by atoms with Crippen LogP contribution in [0, 0.1) is 0 Å². The highest BCUT2D eigenvalue weighted by Gasteiger charge is 2.48. The lowest BCUT2D eigenvalue weighted by molar-refractivity contribution is -0.144. The topological polar surface area (TPSA) is 44.5 Å². The average Bonchev–Trinajstić information content (AvgIpc) is 2.61. The molecule has 0 spiro atoms. The lowest BCUT2D eigenvalue weighted by atomic mass is 10.0. The van der Waals surface area contributed by atoms with Crippen LogP contribution in [-0.2, 0) is 0 Å². The Morgan fingerprint density at radius 2 is 1.70 bits per heavy atom. The van der Waals surface area contributed by atoms with E-state index >= 15 is 0 Å². The first-order chi connectivity index (χ1) is 9.34. The smallest absolute Gasteiger partial charge is 0.326 e. The van der Waals surface area contributed by atoms with Crippen LogP contribution in [-0.4, -0.2) is 25.6 Å². The minimum Gasteiger partial charge on any atom is -0.490 e. The van der Waals surface area contributed by atoms with E-state index in [1.807, 2.05) is 0 Å². The van der Waals surface area contributed by atoms with Gasteiger partial charge in [0.25, 0.3) is 0 Å². The molecule has 0 saturated heterocycles. The van der Waals surface area contributed by atoms with Gasteiger partial charge in [0.1, 0.15) is 6.04 Å². The molecule has 0 amide bonds. The Morgan fingerprint density at radius 1 is 1.15 bits per heavy atom. The van der Waals surface area contributed by atoms with Crippen molar-refractivity contribution in [1.82, 2.24) is 0 Å². The van der Waals surface area contributed by atoms with Gasteiger partial charge in [0, 0.05) is 17.5 Å². The van der Waals surface area contributed by atoms with E-state index in [1.165, 1.54) is 6.07 Å². The van der Waals surface area contributed by atoms with Crippen molar-refractivity contribution in [2.24, 2.45) is 5.73 Å². The minimum atomic E-state index is -4.39. The number of hydrogen-bond acceptors (Lipinski definition) is 3. The summed E-state index contributed by atoms with van der Waals surface area (Å²) in [5.74, 6) is -3.94. The maximum atomic E-state index is 13.3. The van der Waals surface area contributed by atoms with Crippen LogP contribution >= 0.6 is 11.6 Å². The van der Waals surface area contributed by atoms with Gasteiger partial charge in [0.05, 0.1) is 13.2 Å². The van der Waals surface area contributed by atoms with Gasteiger partial charge < -0.3 is 15.2 Å². The molecule has 1 aromatic rings. The maximum absolute atomic E-state index is 13.3. The first-order valence-corrected chi connectivity index (χ1v) is 6.22. The lowest BCUT2D eigenvalue weighted by Gasteiger charge is -2.24. The third kappa shape index (κ3) is 2.78. The van der Waals surface area contributed by atoms with E-state index in [4.69, 9.17) is 26.8 Å². The van der Waals surface area contributed by atoms with Crippen molar-refractivity contribution in [3.05, 3.63) is 22.7 Å². The summed E-state index contributed by atoms with van der Waals surface area (Å²) in [5, 5.41) is -0.165. The third-order valence-corrected chi connectivity index (χ3v) is 3.23. The van der Waals surface area contributed by atoms with Gasteiger partial charge in [0.2, 0.25) is 0 Å². The second-order valence-corrected chi connectivity index (χ2v) is 4.73. The van der Waals surface area contributed by atoms with Crippen LogP contribution in [0.5, 0.6) is 11.5 Å². The Morgan fingerprint density at radius 3 is 2.25 bits per heavy atom. The number of nitrogens with two attached hydrogens (primary N) is 1. The largest absolute Gasteiger partial charge is 0.490 e. The molecule has 0 bridgehead atoms. The number of hydrogen-bond donors (Lipinski definition) is 1. The van der Waals surface area contributed by atoms with Gasteiger partial charge >= 0.3 is 12.3 Å². The third-order valence-electron chi connectivity index (χ3n) is 2.91. The van der Waals surface area contributed by atoms with Crippen LogP contribution in [0.3, 0.4) is 0 Å². The van der Waals surface area contributed by atoms with Crippen LogP contribution in [0.15, 0.2) is 12.1 Å². The highest BCUT2D eigenvalue weighted by molar-refractivity contribution is 6.31. The second-order valence-electron chi connectivity index (χ2n) is 4.32. The summed E-state index contributed by atoms with van der Waals surface area (Å²) in [6, 6.07) is 0.148. The molecule has 1 aliphatic heterocycles. The van der Waals surface area contributed by atoms with Gasteiger partial charge in [-0.2, -0.15) is 8.78 Å². The van der Waals surface area contributed by atoms with E-state index in [1.54, 1.807) is 0 Å². The zero-order valence-corrected chi connectivity index (χ0v) is 11.0. The molecule has 0 saturated carbocycles. The normalized spacial score (nSPS) is 16.9. The van der Waals surface area contributed by atoms with Gasteiger partial charge in [-0.1, -0.05) is 11.6 Å². The lowest BCUT2D eigenvalue weighted by Crippen LogP contribution is -2.39. The molecule has 20 heavy (non-hydrogen) atoms. The SMILES string of the molecule is NC(c1cc2c(cc1Cl)OCCCO2)C(F)(F)C(F)F. The molecular formula is C12H12ClF4NO2. The summed E-state index contributed by atoms with van der Waals surface area (Å²) >= 11 is 5.83. The number of ether oxygens (including phenoxy) is 2. The quantitative estimate of drug-likeness (QED) is 0.870. The van der Waals surface area contributed by atoms with Crippen molar-refractivity contribution >= 4 is 11.6 Å². The molecule has 0 radical (unpaired) electrons. The highest BCUT2D eigenvalue weighted by atomic mass is 35.5. The van der Waals surface area contributed by atoms with Crippen molar-refractivity contribution < 1.29 is 27.0 Å². The summed E-state index contributed by atoms with van der Waals surface area (Å²) in [6.45, 7) is 0.719. The van der Waals surface area contributed by atoms with Crippen LogP contribution in [0.2, 0.25) is 5.02 Å². The number of halogens is 5. The van der Waals surface area contributed by atoms with Gasteiger partial charge in [0.15, 0.2) is 11.5 Å². The van der Waals surface area contributed by atoms with E-state index in [0.29, 0.717) is 19.6 Å². The van der Waals surface area contributed by atoms with Crippen LogP contribution in [0.4, 0.5) is 17.6 Å². The Labute approximate surface area is 117 Å². The molecule has 1 unspecified atom stereocenters. The van der Waals surface area contributed by atoms with Crippen molar-refractivity contribution in [1.29, 1.82) is 0 Å². The van der Waals surface area contributed by atoms with Crippen molar-refractivity contribution in [2.45, 2.75) is 24.8 Å². The van der Waals surface area contributed by atoms with Gasteiger partial charge in [-0.3, -0.25) is 0 Å². The fourth-order valence-electron chi connectivity index (χ4n) is 1.78. The summed E-state index contributed by atoms with van der Waals surface area (Å²) < 4.78 is 61.9. The second kappa shape index (κ2) is 5.65. The molecule has 112 valence electrons. The number of benzene rings is 1. The van der Waals surface area contributed by atoms with Crippen LogP contribution < -0.4 is 15.2 Å². The van der Waals surface area contributed by atoms with Crippen molar-refractivity contribution in [3.8, 4) is 11.5 Å². The Balaban J connectivity index is 2.40. The van der Waals surface area contributed by atoms with E-state index in [0.717, 1.165) is 6.07 Å². The molecule has 1 heterocycles. The van der Waals surface area contributed by atoms with Gasteiger partial charge in [-0.05, 0) is 11.6 Å². The zero-order chi connectivity index (χ0) is 14.9. The van der Waals surface area contributed by atoms with E-state index in [-0.39, 0.29) is 22.1 Å². The summed E-state index contributed by atoms with van der Waals surface area (Å²) in [4.78, 5) is 0.